The van der Waals surface area contributed by atoms with E-state index in [9.17, 15) is 0 Å². The highest BCUT2D eigenvalue weighted by molar-refractivity contribution is 5.73. The summed E-state index contributed by atoms with van der Waals surface area (Å²) < 4.78 is 11.8. The third kappa shape index (κ3) is 5.11. The fraction of sp³-hybridized carbons (Fsp3) is 0.259. The Hall–Kier alpha value is -3.04. The monoisotopic (exact) mass is 399 g/mol. The van der Waals surface area contributed by atoms with E-state index in [1.807, 2.05) is 19.1 Å². The normalized spacial score (nSPS) is 15.7. The van der Waals surface area contributed by atoms with E-state index in [1.165, 1.54) is 16.7 Å². The zero-order chi connectivity index (χ0) is 20.6. The molecule has 4 rings (SSSR count). The standard InChI is InChI=1S/C27H29NO2/c1-2-29-27-15-9-8-14-26(27)25-13-7-6-12-23(25)16-17-24-21-28(18-19-30-24)20-22-10-4-3-5-11-22/h3-15,17H,2,16,18-21H2,1H3/b24-17-. The summed E-state index contributed by atoms with van der Waals surface area (Å²) in [6.45, 7) is 6.20. The van der Waals surface area contributed by atoms with E-state index < -0.39 is 0 Å². The van der Waals surface area contributed by atoms with E-state index in [-0.39, 0.29) is 0 Å². The van der Waals surface area contributed by atoms with Crippen molar-refractivity contribution in [2.75, 3.05) is 26.3 Å². The Labute approximate surface area is 179 Å². The maximum Gasteiger partial charge on any atom is 0.127 e. The van der Waals surface area contributed by atoms with Gasteiger partial charge in [0.25, 0.3) is 0 Å². The topological polar surface area (TPSA) is 21.7 Å². The zero-order valence-electron chi connectivity index (χ0n) is 17.6. The lowest BCUT2D eigenvalue weighted by atomic mass is 9.96. The SMILES string of the molecule is CCOc1ccccc1-c1ccccc1C/C=C1/CN(Cc2ccccc2)CCO1. The van der Waals surface area contributed by atoms with Gasteiger partial charge in [0, 0.05) is 18.7 Å². The molecule has 1 aliphatic rings. The Balaban J connectivity index is 1.49. The molecule has 154 valence electrons. The second-order valence-corrected chi connectivity index (χ2v) is 7.51. The van der Waals surface area contributed by atoms with Crippen molar-refractivity contribution in [3.63, 3.8) is 0 Å². The van der Waals surface area contributed by atoms with Gasteiger partial charge >= 0.3 is 0 Å². The number of allylic oxidation sites excluding steroid dienone is 1. The van der Waals surface area contributed by atoms with Crippen molar-refractivity contribution < 1.29 is 9.47 Å². The number of ether oxygens (including phenoxy) is 2. The summed E-state index contributed by atoms with van der Waals surface area (Å²) >= 11 is 0. The molecule has 30 heavy (non-hydrogen) atoms. The molecule has 0 aliphatic carbocycles. The van der Waals surface area contributed by atoms with Crippen LogP contribution in [0.1, 0.15) is 18.1 Å². The minimum atomic E-state index is 0.661. The Kier molecular flexibility index (Phi) is 6.83. The largest absolute Gasteiger partial charge is 0.496 e. The summed E-state index contributed by atoms with van der Waals surface area (Å²) in [5, 5.41) is 0. The summed E-state index contributed by atoms with van der Waals surface area (Å²) in [4.78, 5) is 2.45. The molecule has 0 spiro atoms. The average molecular weight is 400 g/mol. The number of para-hydroxylation sites is 1. The molecule has 0 amide bonds. The molecule has 0 aromatic heterocycles. The van der Waals surface area contributed by atoms with Gasteiger partial charge in [-0.25, -0.2) is 0 Å². The highest BCUT2D eigenvalue weighted by Crippen LogP contribution is 2.32. The number of morpholine rings is 1. The zero-order valence-corrected chi connectivity index (χ0v) is 17.6. The Morgan fingerprint density at radius 1 is 0.900 bits per heavy atom. The fourth-order valence-electron chi connectivity index (χ4n) is 3.91. The summed E-state index contributed by atoms with van der Waals surface area (Å²) in [5.74, 6) is 1.99. The molecule has 0 unspecified atom stereocenters. The highest BCUT2D eigenvalue weighted by atomic mass is 16.5. The minimum Gasteiger partial charge on any atom is -0.496 e. The van der Waals surface area contributed by atoms with Gasteiger partial charge in [0.05, 0.1) is 13.2 Å². The van der Waals surface area contributed by atoms with Crippen LogP contribution in [0.5, 0.6) is 5.75 Å². The molecule has 1 heterocycles. The Morgan fingerprint density at radius 3 is 2.47 bits per heavy atom. The molecular weight excluding hydrogens is 370 g/mol. The van der Waals surface area contributed by atoms with Gasteiger partial charge < -0.3 is 9.47 Å². The molecule has 1 aliphatic heterocycles. The minimum absolute atomic E-state index is 0.661. The van der Waals surface area contributed by atoms with Crippen LogP contribution in [0.15, 0.2) is 90.7 Å². The molecular formula is C27H29NO2. The van der Waals surface area contributed by atoms with Gasteiger partial charge in [0.2, 0.25) is 0 Å². The number of nitrogens with zero attached hydrogens (tertiary/aromatic N) is 1. The van der Waals surface area contributed by atoms with E-state index in [0.29, 0.717) is 6.61 Å². The van der Waals surface area contributed by atoms with Crippen molar-refractivity contribution in [3.8, 4) is 16.9 Å². The second-order valence-electron chi connectivity index (χ2n) is 7.51. The van der Waals surface area contributed by atoms with E-state index in [0.717, 1.165) is 49.7 Å². The van der Waals surface area contributed by atoms with Crippen LogP contribution in [0.2, 0.25) is 0 Å². The predicted octanol–water partition coefficient (Wildman–Crippen LogP) is 5.71. The van der Waals surface area contributed by atoms with Crippen molar-refractivity contribution in [3.05, 3.63) is 102 Å². The quantitative estimate of drug-likeness (QED) is 0.508. The lowest BCUT2D eigenvalue weighted by Crippen LogP contribution is -2.34. The van der Waals surface area contributed by atoms with E-state index >= 15 is 0 Å². The molecule has 0 N–H and O–H groups in total. The molecule has 3 aromatic rings. The van der Waals surface area contributed by atoms with Crippen molar-refractivity contribution >= 4 is 0 Å². The van der Waals surface area contributed by atoms with Gasteiger partial charge in [-0.2, -0.15) is 0 Å². The summed E-state index contributed by atoms with van der Waals surface area (Å²) in [7, 11) is 0. The maximum absolute atomic E-state index is 5.97. The van der Waals surface area contributed by atoms with Gasteiger partial charge in [-0.15, -0.1) is 0 Å². The summed E-state index contributed by atoms with van der Waals surface area (Å²) in [6.07, 6.45) is 3.07. The van der Waals surface area contributed by atoms with Crippen LogP contribution in [0.4, 0.5) is 0 Å². The Morgan fingerprint density at radius 2 is 1.63 bits per heavy atom. The Bertz CT molecular complexity index is 981. The van der Waals surface area contributed by atoms with Gasteiger partial charge in [-0.3, -0.25) is 4.90 Å². The van der Waals surface area contributed by atoms with E-state index in [4.69, 9.17) is 9.47 Å². The first-order valence-corrected chi connectivity index (χ1v) is 10.7. The van der Waals surface area contributed by atoms with Crippen molar-refractivity contribution in [1.82, 2.24) is 4.90 Å². The first-order chi connectivity index (χ1) is 14.8. The van der Waals surface area contributed by atoms with Crippen LogP contribution in [-0.4, -0.2) is 31.2 Å². The molecule has 1 fully saturated rings. The highest BCUT2D eigenvalue weighted by Gasteiger charge is 2.16. The lowest BCUT2D eigenvalue weighted by molar-refractivity contribution is 0.0889. The molecule has 0 radical (unpaired) electrons. The van der Waals surface area contributed by atoms with Gasteiger partial charge in [-0.05, 0) is 42.2 Å². The van der Waals surface area contributed by atoms with Crippen molar-refractivity contribution in [2.24, 2.45) is 0 Å². The third-order valence-electron chi connectivity index (χ3n) is 5.37. The number of benzene rings is 3. The molecule has 0 saturated carbocycles. The van der Waals surface area contributed by atoms with Gasteiger partial charge in [-0.1, -0.05) is 72.8 Å². The number of rotatable bonds is 7. The number of hydrogen-bond acceptors (Lipinski definition) is 3. The second kappa shape index (κ2) is 10.1. The molecule has 0 atom stereocenters. The summed E-state index contributed by atoms with van der Waals surface area (Å²) in [6, 6.07) is 27.5. The lowest BCUT2D eigenvalue weighted by Gasteiger charge is -2.29. The summed E-state index contributed by atoms with van der Waals surface area (Å²) in [5.41, 5.74) is 4.98. The van der Waals surface area contributed by atoms with Crippen LogP contribution in [-0.2, 0) is 17.7 Å². The van der Waals surface area contributed by atoms with E-state index in [2.05, 4.69) is 77.7 Å². The smallest absolute Gasteiger partial charge is 0.127 e. The van der Waals surface area contributed by atoms with Gasteiger partial charge in [0.1, 0.15) is 18.1 Å². The third-order valence-corrected chi connectivity index (χ3v) is 5.37. The molecule has 3 aromatic carbocycles. The van der Waals surface area contributed by atoms with E-state index in [1.54, 1.807) is 0 Å². The van der Waals surface area contributed by atoms with Crippen LogP contribution >= 0.6 is 0 Å². The molecule has 3 heteroatoms. The molecule has 0 bridgehead atoms. The predicted molar refractivity (Wildman–Crippen MR) is 123 cm³/mol. The van der Waals surface area contributed by atoms with Gasteiger partial charge in [0.15, 0.2) is 0 Å². The molecule has 3 nitrogen and oxygen atoms in total. The maximum atomic E-state index is 5.97. The van der Waals surface area contributed by atoms with Crippen LogP contribution in [0.25, 0.3) is 11.1 Å². The van der Waals surface area contributed by atoms with Crippen LogP contribution in [0, 0.1) is 0 Å². The fourth-order valence-corrected chi connectivity index (χ4v) is 3.91. The van der Waals surface area contributed by atoms with Crippen molar-refractivity contribution in [1.29, 1.82) is 0 Å². The molecule has 1 saturated heterocycles. The van der Waals surface area contributed by atoms with Crippen molar-refractivity contribution in [2.45, 2.75) is 19.9 Å². The average Bonchev–Trinajstić information content (AvgIpc) is 2.80. The van der Waals surface area contributed by atoms with Crippen LogP contribution in [0.3, 0.4) is 0 Å². The van der Waals surface area contributed by atoms with Crippen LogP contribution < -0.4 is 4.74 Å². The number of hydrogen-bond donors (Lipinski definition) is 0. The first-order valence-electron chi connectivity index (χ1n) is 10.7. The first kappa shape index (κ1) is 20.2.